The number of carbonyl (C=O) groups is 3. The van der Waals surface area contributed by atoms with E-state index in [4.69, 9.17) is 15.2 Å². The Labute approximate surface area is 132 Å². The van der Waals surface area contributed by atoms with Gasteiger partial charge in [0.1, 0.15) is 5.60 Å². The van der Waals surface area contributed by atoms with Gasteiger partial charge in [-0.3, -0.25) is 9.59 Å². The van der Waals surface area contributed by atoms with Gasteiger partial charge in [-0.25, -0.2) is 4.79 Å². The van der Waals surface area contributed by atoms with Gasteiger partial charge in [-0.1, -0.05) is 13.3 Å². The number of nitrogens with two attached hydrogens (primary N) is 1. The molecule has 0 saturated carbocycles. The first-order valence-electron chi connectivity index (χ1n) is 7.40. The summed E-state index contributed by atoms with van der Waals surface area (Å²) < 4.78 is 14.1. The molecular formula is C15H29NO6. The van der Waals surface area contributed by atoms with Crippen molar-refractivity contribution in [3.63, 3.8) is 0 Å². The van der Waals surface area contributed by atoms with Crippen LogP contribution in [0.2, 0.25) is 0 Å². The van der Waals surface area contributed by atoms with E-state index in [9.17, 15) is 14.4 Å². The van der Waals surface area contributed by atoms with Gasteiger partial charge in [0, 0.05) is 0 Å². The number of hydrogen-bond acceptors (Lipinski definition) is 6. The predicted molar refractivity (Wildman–Crippen MR) is 82.1 cm³/mol. The zero-order valence-electron chi connectivity index (χ0n) is 14.4. The molecule has 0 saturated heterocycles. The van der Waals surface area contributed by atoms with Crippen LogP contribution in [0.4, 0.5) is 4.79 Å². The Kier molecular flexibility index (Phi) is 12.1. The molecule has 0 bridgehead atoms. The predicted octanol–water partition coefficient (Wildman–Crippen LogP) is 2.41. The fourth-order valence-corrected chi connectivity index (χ4v) is 1.41. The summed E-state index contributed by atoms with van der Waals surface area (Å²) in [4.78, 5) is 32.7. The molecule has 0 aliphatic heterocycles. The third kappa shape index (κ3) is 13.2. The van der Waals surface area contributed by atoms with Crippen LogP contribution in [0.5, 0.6) is 0 Å². The second-order valence-electron chi connectivity index (χ2n) is 5.38. The van der Waals surface area contributed by atoms with Gasteiger partial charge in [0.15, 0.2) is 5.92 Å². The molecule has 1 amide bonds. The number of hydrogen-bond donors (Lipinski definition) is 1. The van der Waals surface area contributed by atoms with Gasteiger partial charge in [0.05, 0.1) is 13.2 Å². The Morgan fingerprint density at radius 1 is 0.955 bits per heavy atom. The lowest BCUT2D eigenvalue weighted by Crippen LogP contribution is -2.27. The molecule has 0 atom stereocenters. The number of primary amides is 1. The molecule has 7 heteroatoms. The second-order valence-corrected chi connectivity index (χ2v) is 5.38. The molecule has 0 spiro atoms. The molecule has 2 N–H and O–H groups in total. The highest BCUT2D eigenvalue weighted by Crippen LogP contribution is 2.11. The summed E-state index contributed by atoms with van der Waals surface area (Å²) in [7, 11) is 0. The average Bonchev–Trinajstić information content (AvgIpc) is 2.34. The van der Waals surface area contributed by atoms with Crippen LogP contribution in [0.15, 0.2) is 0 Å². The average molecular weight is 319 g/mol. The van der Waals surface area contributed by atoms with Gasteiger partial charge in [-0.2, -0.15) is 0 Å². The molecule has 0 aliphatic rings. The monoisotopic (exact) mass is 319 g/mol. The topological polar surface area (TPSA) is 105 Å². The summed E-state index contributed by atoms with van der Waals surface area (Å²) in [6.07, 6.45) is 0.512. The fraction of sp³-hybridized carbons (Fsp3) is 0.800. The van der Waals surface area contributed by atoms with Gasteiger partial charge in [0.25, 0.3) is 0 Å². The second kappa shape index (κ2) is 11.8. The minimum Gasteiger partial charge on any atom is -0.465 e. The van der Waals surface area contributed by atoms with Crippen molar-refractivity contribution < 1.29 is 28.6 Å². The first kappa shape index (κ1) is 22.5. The molecule has 0 radical (unpaired) electrons. The first-order valence-corrected chi connectivity index (χ1v) is 7.40. The van der Waals surface area contributed by atoms with Crippen LogP contribution in [0.1, 0.15) is 54.4 Å². The molecule has 22 heavy (non-hydrogen) atoms. The number of ether oxygens (including phenoxy) is 3. The largest absolute Gasteiger partial charge is 0.465 e. The molecule has 0 heterocycles. The summed E-state index contributed by atoms with van der Waals surface area (Å²) in [5, 5.41) is 0. The minimum absolute atomic E-state index is 0.290. The van der Waals surface area contributed by atoms with E-state index in [-0.39, 0.29) is 0 Å². The first-order chi connectivity index (χ1) is 10.1. The van der Waals surface area contributed by atoms with E-state index in [0.29, 0.717) is 19.6 Å². The Balaban J connectivity index is 0. The van der Waals surface area contributed by atoms with Crippen LogP contribution in [-0.2, 0) is 23.8 Å². The fourth-order valence-electron chi connectivity index (χ4n) is 1.41. The number of carbonyl (C=O) groups excluding carboxylic acids is 3. The van der Waals surface area contributed by atoms with Crippen molar-refractivity contribution in [2.75, 3.05) is 13.2 Å². The van der Waals surface area contributed by atoms with E-state index in [1.165, 1.54) is 0 Å². The maximum atomic E-state index is 11.3. The Bertz CT molecular complexity index is 330. The summed E-state index contributed by atoms with van der Waals surface area (Å²) >= 11 is 0. The highest BCUT2D eigenvalue weighted by atomic mass is 16.6. The lowest BCUT2D eigenvalue weighted by atomic mass is 10.0. The van der Waals surface area contributed by atoms with Gasteiger partial charge < -0.3 is 19.9 Å². The van der Waals surface area contributed by atoms with E-state index in [2.05, 4.69) is 4.74 Å². The Morgan fingerprint density at radius 3 is 1.55 bits per heavy atom. The zero-order chi connectivity index (χ0) is 17.8. The summed E-state index contributed by atoms with van der Waals surface area (Å²) in [5.41, 5.74) is 4.26. The van der Waals surface area contributed by atoms with Gasteiger partial charge in [-0.15, -0.1) is 0 Å². The number of rotatable bonds is 6. The minimum atomic E-state index is -0.750. The van der Waals surface area contributed by atoms with E-state index in [1.54, 1.807) is 34.6 Å². The molecule has 0 rings (SSSR count). The number of amides is 1. The van der Waals surface area contributed by atoms with Crippen molar-refractivity contribution in [1.29, 1.82) is 0 Å². The van der Waals surface area contributed by atoms with E-state index in [1.807, 2.05) is 6.92 Å². The third-order valence-electron chi connectivity index (χ3n) is 2.13. The molecule has 7 nitrogen and oxygen atoms in total. The summed E-state index contributed by atoms with van der Waals surface area (Å²) in [6.45, 7) is 11.2. The van der Waals surface area contributed by atoms with Crippen molar-refractivity contribution in [3.05, 3.63) is 0 Å². The smallest absolute Gasteiger partial charge is 0.405 e. The standard InChI is InChI=1S/C10H18O4.C5H11NO2/c1-4-7-8(9(11)13-5-2)10(12)14-6-3;1-5(2,3)8-4(6)7/h8H,4-7H2,1-3H3;1-3H3,(H2,6,7). The van der Waals surface area contributed by atoms with E-state index < -0.39 is 29.6 Å². The molecular weight excluding hydrogens is 290 g/mol. The van der Waals surface area contributed by atoms with Crippen molar-refractivity contribution in [1.82, 2.24) is 0 Å². The summed E-state index contributed by atoms with van der Waals surface area (Å²) in [5.74, 6) is -1.71. The lowest BCUT2D eigenvalue weighted by Gasteiger charge is -2.16. The quantitative estimate of drug-likeness (QED) is 0.458. The van der Waals surface area contributed by atoms with Crippen molar-refractivity contribution in [2.24, 2.45) is 11.7 Å². The lowest BCUT2D eigenvalue weighted by molar-refractivity contribution is -0.161. The van der Waals surface area contributed by atoms with Crippen LogP contribution in [0.3, 0.4) is 0 Å². The highest BCUT2D eigenvalue weighted by Gasteiger charge is 2.28. The van der Waals surface area contributed by atoms with Crippen LogP contribution < -0.4 is 5.73 Å². The maximum Gasteiger partial charge on any atom is 0.405 e. The zero-order valence-corrected chi connectivity index (χ0v) is 14.4. The molecule has 0 aromatic heterocycles. The van der Waals surface area contributed by atoms with E-state index >= 15 is 0 Å². The van der Waals surface area contributed by atoms with Gasteiger partial charge in [-0.05, 0) is 41.0 Å². The van der Waals surface area contributed by atoms with Gasteiger partial charge >= 0.3 is 18.0 Å². The normalized spacial score (nSPS) is 10.3. The van der Waals surface area contributed by atoms with Crippen molar-refractivity contribution in [3.8, 4) is 0 Å². The molecule has 0 aliphatic carbocycles. The van der Waals surface area contributed by atoms with Crippen LogP contribution in [-0.4, -0.2) is 36.8 Å². The Morgan fingerprint density at radius 2 is 1.36 bits per heavy atom. The molecule has 0 aromatic rings. The van der Waals surface area contributed by atoms with Crippen molar-refractivity contribution >= 4 is 18.0 Å². The SMILES string of the molecule is CC(C)(C)OC(N)=O.CCCC(C(=O)OCC)C(=O)OCC. The van der Waals surface area contributed by atoms with Gasteiger partial charge in [0.2, 0.25) is 0 Å². The third-order valence-corrected chi connectivity index (χ3v) is 2.13. The summed E-state index contributed by atoms with van der Waals surface area (Å²) in [6, 6.07) is 0. The van der Waals surface area contributed by atoms with E-state index in [0.717, 1.165) is 6.42 Å². The Hall–Kier alpha value is -1.79. The van der Waals surface area contributed by atoms with Crippen LogP contribution in [0.25, 0.3) is 0 Å². The number of esters is 2. The van der Waals surface area contributed by atoms with Crippen molar-refractivity contribution in [2.45, 2.75) is 60.0 Å². The molecule has 0 unspecified atom stereocenters. The highest BCUT2D eigenvalue weighted by molar-refractivity contribution is 5.94. The van der Waals surface area contributed by atoms with Crippen LogP contribution in [0, 0.1) is 5.92 Å². The molecule has 0 aromatic carbocycles. The van der Waals surface area contributed by atoms with Crippen LogP contribution >= 0.6 is 0 Å². The maximum absolute atomic E-state index is 11.3. The molecule has 0 fully saturated rings. The molecule has 130 valence electrons.